The molecule has 1 amide bonds. The first-order valence-electron chi connectivity index (χ1n) is 8.03. The summed E-state index contributed by atoms with van der Waals surface area (Å²) in [7, 11) is 1.73. The van der Waals surface area contributed by atoms with Crippen molar-refractivity contribution in [3.8, 4) is 5.75 Å². The van der Waals surface area contributed by atoms with E-state index in [9.17, 15) is 4.79 Å². The third-order valence-corrected chi connectivity index (χ3v) is 5.33. The summed E-state index contributed by atoms with van der Waals surface area (Å²) in [6.45, 7) is 0.502. The lowest BCUT2D eigenvalue weighted by Crippen LogP contribution is -2.37. The molecule has 0 spiro atoms. The Hall–Kier alpha value is -2.02. The lowest BCUT2D eigenvalue weighted by atomic mass is 10.0. The first-order valence-corrected chi connectivity index (χ1v) is 9.58. The molecule has 27 heavy (non-hydrogen) atoms. The molecular formula is C19H16BrCl2N3O2. The minimum Gasteiger partial charge on any atom is -0.471 e. The van der Waals surface area contributed by atoms with Gasteiger partial charge in [-0.05, 0) is 39.7 Å². The van der Waals surface area contributed by atoms with Crippen molar-refractivity contribution in [3.05, 3.63) is 67.7 Å². The second kappa shape index (κ2) is 8.33. The van der Waals surface area contributed by atoms with Crippen LogP contribution in [0.3, 0.4) is 0 Å². The number of rotatable bonds is 4. The van der Waals surface area contributed by atoms with E-state index < -0.39 is 0 Å². The van der Waals surface area contributed by atoms with Gasteiger partial charge in [-0.25, -0.2) is 0 Å². The minimum atomic E-state index is -0.309. The molecule has 2 aromatic rings. The van der Waals surface area contributed by atoms with Crippen molar-refractivity contribution in [2.45, 2.75) is 6.54 Å². The van der Waals surface area contributed by atoms with Gasteiger partial charge in [0, 0.05) is 30.6 Å². The Balaban J connectivity index is 1.92. The predicted octanol–water partition coefficient (Wildman–Crippen LogP) is 4.96. The van der Waals surface area contributed by atoms with Gasteiger partial charge < -0.3 is 20.4 Å². The van der Waals surface area contributed by atoms with Crippen molar-refractivity contribution in [3.63, 3.8) is 0 Å². The highest BCUT2D eigenvalue weighted by atomic mass is 79.9. The fourth-order valence-corrected chi connectivity index (χ4v) is 4.00. The van der Waals surface area contributed by atoms with E-state index in [2.05, 4.69) is 21.2 Å². The van der Waals surface area contributed by atoms with Gasteiger partial charge in [-0.3, -0.25) is 4.79 Å². The lowest BCUT2D eigenvalue weighted by Gasteiger charge is -2.30. The van der Waals surface area contributed by atoms with Crippen LogP contribution in [0.2, 0.25) is 10.0 Å². The molecule has 0 saturated carbocycles. The van der Waals surface area contributed by atoms with Crippen LogP contribution in [0.1, 0.15) is 21.5 Å². The second-order valence-corrected chi connectivity index (χ2v) is 7.52. The number of amides is 1. The van der Waals surface area contributed by atoms with Crippen LogP contribution in [0.25, 0.3) is 5.57 Å². The van der Waals surface area contributed by atoms with E-state index in [1.54, 1.807) is 30.3 Å². The van der Waals surface area contributed by atoms with Crippen LogP contribution < -0.4 is 10.1 Å². The van der Waals surface area contributed by atoms with Crippen LogP contribution in [0.5, 0.6) is 5.75 Å². The van der Waals surface area contributed by atoms with E-state index in [1.165, 1.54) is 6.21 Å². The molecule has 3 rings (SSSR count). The number of nitrogens with zero attached hydrogens (tertiary/aromatic N) is 1. The minimum absolute atomic E-state index is 0.105. The maximum Gasteiger partial charge on any atom is 0.259 e. The molecule has 140 valence electrons. The monoisotopic (exact) mass is 467 g/mol. The van der Waals surface area contributed by atoms with Crippen molar-refractivity contribution < 1.29 is 9.53 Å². The molecule has 0 unspecified atom stereocenters. The smallest absolute Gasteiger partial charge is 0.259 e. The molecule has 0 aromatic heterocycles. The third-order valence-electron chi connectivity index (χ3n) is 4.11. The number of nitrogens with one attached hydrogen (secondary N) is 2. The number of allylic oxidation sites excluding steroid dienone is 1. The van der Waals surface area contributed by atoms with Crippen molar-refractivity contribution >= 4 is 56.8 Å². The summed E-state index contributed by atoms with van der Waals surface area (Å²) in [4.78, 5) is 14.6. The van der Waals surface area contributed by atoms with Crippen LogP contribution in [0, 0.1) is 5.41 Å². The molecule has 0 saturated heterocycles. The molecule has 1 aliphatic heterocycles. The van der Waals surface area contributed by atoms with Crippen molar-refractivity contribution in [1.82, 2.24) is 10.2 Å². The van der Waals surface area contributed by atoms with E-state index in [4.69, 9.17) is 33.3 Å². The van der Waals surface area contributed by atoms with Gasteiger partial charge in [0.2, 0.25) is 0 Å². The van der Waals surface area contributed by atoms with Gasteiger partial charge in [0.05, 0.1) is 26.6 Å². The van der Waals surface area contributed by atoms with Gasteiger partial charge >= 0.3 is 0 Å². The second-order valence-electron chi connectivity index (χ2n) is 5.85. The number of carbonyl (C=O) groups is 1. The van der Waals surface area contributed by atoms with E-state index in [-0.39, 0.29) is 28.2 Å². The summed E-state index contributed by atoms with van der Waals surface area (Å²) < 4.78 is 6.58. The SMILES string of the molecule is CN/C=C(\C=N)c1cc(Cl)c(C(=O)N2COc3c(Br)cccc3C2)c(Cl)c1. The molecular weight excluding hydrogens is 453 g/mol. The topological polar surface area (TPSA) is 65.4 Å². The van der Waals surface area contributed by atoms with Gasteiger partial charge in [-0.2, -0.15) is 0 Å². The highest BCUT2D eigenvalue weighted by molar-refractivity contribution is 9.10. The van der Waals surface area contributed by atoms with Crippen LogP contribution in [0.4, 0.5) is 0 Å². The fourth-order valence-electron chi connectivity index (χ4n) is 2.83. The Kier molecular flexibility index (Phi) is 6.09. The van der Waals surface area contributed by atoms with Gasteiger partial charge in [-0.15, -0.1) is 0 Å². The Labute approximate surface area is 175 Å². The van der Waals surface area contributed by atoms with Crippen molar-refractivity contribution in [2.75, 3.05) is 13.8 Å². The first kappa shape index (κ1) is 19.7. The Bertz CT molecular complexity index is 924. The van der Waals surface area contributed by atoms with Crippen molar-refractivity contribution in [1.29, 1.82) is 5.41 Å². The van der Waals surface area contributed by atoms with E-state index in [1.807, 2.05) is 18.2 Å². The summed E-state index contributed by atoms with van der Waals surface area (Å²) in [5.74, 6) is 0.429. The molecule has 5 nitrogen and oxygen atoms in total. The number of fused-ring (bicyclic) bond motifs is 1. The maximum atomic E-state index is 13.0. The quantitative estimate of drug-likeness (QED) is 0.623. The number of ether oxygens (including phenoxy) is 1. The summed E-state index contributed by atoms with van der Waals surface area (Å²) in [5, 5.41) is 10.8. The molecule has 1 aliphatic rings. The van der Waals surface area contributed by atoms with Crippen molar-refractivity contribution in [2.24, 2.45) is 0 Å². The average Bonchev–Trinajstić information content (AvgIpc) is 2.65. The van der Waals surface area contributed by atoms with E-state index in [0.717, 1.165) is 15.8 Å². The number of hydrogen-bond acceptors (Lipinski definition) is 4. The summed E-state index contributed by atoms with van der Waals surface area (Å²) in [5.41, 5.74) is 2.37. The van der Waals surface area contributed by atoms with Gasteiger partial charge in [0.25, 0.3) is 5.91 Å². The largest absolute Gasteiger partial charge is 0.471 e. The molecule has 0 aliphatic carbocycles. The highest BCUT2D eigenvalue weighted by Gasteiger charge is 2.27. The third kappa shape index (κ3) is 3.98. The van der Waals surface area contributed by atoms with Crippen LogP contribution >= 0.6 is 39.1 Å². The number of halogens is 3. The Morgan fingerprint density at radius 3 is 2.67 bits per heavy atom. The summed E-state index contributed by atoms with van der Waals surface area (Å²) >= 11 is 16.2. The molecule has 0 atom stereocenters. The number of hydrogen-bond donors (Lipinski definition) is 2. The Morgan fingerprint density at radius 1 is 1.33 bits per heavy atom. The molecule has 0 bridgehead atoms. The standard InChI is InChI=1S/C19H16BrCl2N3O2/c1-24-8-13(7-23)12-5-15(21)17(16(22)6-12)19(26)25-9-11-3-2-4-14(20)18(11)27-10-25/h2-8,23-24H,9-10H2,1H3/b13-8+,23-7?. The molecule has 0 fully saturated rings. The number of carbonyl (C=O) groups excluding carboxylic acids is 1. The van der Waals surface area contributed by atoms with Gasteiger partial charge in [0.15, 0.2) is 6.73 Å². The predicted molar refractivity (Wildman–Crippen MR) is 112 cm³/mol. The zero-order valence-electron chi connectivity index (χ0n) is 14.4. The summed E-state index contributed by atoms with van der Waals surface area (Å²) in [6, 6.07) is 8.95. The Morgan fingerprint density at radius 2 is 2.04 bits per heavy atom. The van der Waals surface area contributed by atoms with Crippen LogP contribution in [0.15, 0.2) is 41.0 Å². The number of benzene rings is 2. The number of para-hydroxylation sites is 1. The fraction of sp³-hybridized carbons (Fsp3) is 0.158. The normalized spacial score (nSPS) is 13.6. The lowest BCUT2D eigenvalue weighted by molar-refractivity contribution is 0.0512. The van der Waals surface area contributed by atoms with Gasteiger partial charge in [0.1, 0.15) is 5.75 Å². The van der Waals surface area contributed by atoms with Crippen LogP contribution in [-0.2, 0) is 6.54 Å². The van der Waals surface area contributed by atoms with E-state index in [0.29, 0.717) is 17.7 Å². The maximum absolute atomic E-state index is 13.0. The van der Waals surface area contributed by atoms with Gasteiger partial charge in [-0.1, -0.05) is 35.3 Å². The molecule has 8 heteroatoms. The van der Waals surface area contributed by atoms with E-state index >= 15 is 0 Å². The molecule has 2 N–H and O–H groups in total. The molecule has 0 radical (unpaired) electrons. The zero-order valence-corrected chi connectivity index (χ0v) is 17.5. The zero-order chi connectivity index (χ0) is 19.6. The first-order chi connectivity index (χ1) is 13.0. The molecule has 2 aromatic carbocycles. The molecule has 1 heterocycles. The highest BCUT2D eigenvalue weighted by Crippen LogP contribution is 2.35. The average molecular weight is 469 g/mol. The van der Waals surface area contributed by atoms with Crippen LogP contribution in [-0.4, -0.2) is 30.8 Å². The summed E-state index contributed by atoms with van der Waals surface area (Å²) in [6.07, 6.45) is 2.84.